The fourth-order valence-electron chi connectivity index (χ4n) is 1.73. The smallest absolute Gasteiger partial charge is 0.187 e. The highest BCUT2D eigenvalue weighted by Gasteiger charge is 2.24. The van der Waals surface area contributed by atoms with Crippen LogP contribution in [-0.2, 0) is 9.84 Å². The normalized spacial score (nSPS) is 11.4. The molecule has 7 heteroatoms. The maximum atomic E-state index is 12.3. The molecule has 0 fully saturated rings. The lowest BCUT2D eigenvalue weighted by molar-refractivity contribution is 0.102. The SMILES string of the molecule is O=C(CS(=O)(=O)c1cc(Cl)ccc1Cl)c1ccccc1Br. The quantitative estimate of drug-likeness (QED) is 0.705. The number of carbonyl (C=O) groups is 1. The molecule has 21 heavy (non-hydrogen) atoms. The maximum absolute atomic E-state index is 12.3. The van der Waals surface area contributed by atoms with Gasteiger partial charge in [-0.05, 0) is 24.3 Å². The van der Waals surface area contributed by atoms with Gasteiger partial charge in [0.2, 0.25) is 0 Å². The molecule has 2 rings (SSSR count). The van der Waals surface area contributed by atoms with E-state index in [4.69, 9.17) is 23.2 Å². The lowest BCUT2D eigenvalue weighted by atomic mass is 10.1. The molecule has 0 aliphatic carbocycles. The molecule has 0 aliphatic heterocycles. The zero-order chi connectivity index (χ0) is 15.6. The standard InChI is InChI=1S/C14H9BrCl2O3S/c15-11-4-2-1-3-10(11)13(18)8-21(19,20)14-7-9(16)5-6-12(14)17/h1-7H,8H2. The van der Waals surface area contributed by atoms with Crippen molar-refractivity contribution in [2.24, 2.45) is 0 Å². The second kappa shape index (κ2) is 6.48. The van der Waals surface area contributed by atoms with Gasteiger partial charge in [-0.2, -0.15) is 0 Å². The number of ketones is 1. The topological polar surface area (TPSA) is 51.2 Å². The lowest BCUT2D eigenvalue weighted by Crippen LogP contribution is -2.17. The molecule has 3 nitrogen and oxygen atoms in total. The fourth-order valence-corrected chi connectivity index (χ4v) is 4.27. The molecule has 110 valence electrons. The number of halogens is 3. The predicted molar refractivity (Wildman–Crippen MR) is 87.0 cm³/mol. The molecule has 0 amide bonds. The number of sulfone groups is 1. The van der Waals surface area contributed by atoms with Crippen LogP contribution in [0.15, 0.2) is 51.8 Å². The van der Waals surface area contributed by atoms with Gasteiger partial charge in [0, 0.05) is 15.1 Å². The first-order valence-electron chi connectivity index (χ1n) is 5.77. The van der Waals surface area contributed by atoms with Crippen LogP contribution in [0.1, 0.15) is 10.4 Å². The van der Waals surface area contributed by atoms with Crippen LogP contribution >= 0.6 is 39.1 Å². The van der Waals surface area contributed by atoms with Crippen molar-refractivity contribution in [3.63, 3.8) is 0 Å². The van der Waals surface area contributed by atoms with Gasteiger partial charge in [0.15, 0.2) is 15.6 Å². The summed E-state index contributed by atoms with van der Waals surface area (Å²) in [5.41, 5.74) is 0.305. The van der Waals surface area contributed by atoms with Crippen molar-refractivity contribution in [2.75, 3.05) is 5.75 Å². The van der Waals surface area contributed by atoms with E-state index < -0.39 is 21.4 Å². The molecular formula is C14H9BrCl2O3S. The highest BCUT2D eigenvalue weighted by molar-refractivity contribution is 9.10. The third-order valence-corrected chi connectivity index (χ3v) is 5.74. The monoisotopic (exact) mass is 406 g/mol. The molecule has 0 unspecified atom stereocenters. The zero-order valence-electron chi connectivity index (χ0n) is 10.5. The van der Waals surface area contributed by atoms with Crippen LogP contribution in [0.5, 0.6) is 0 Å². The van der Waals surface area contributed by atoms with Crippen LogP contribution < -0.4 is 0 Å². The van der Waals surface area contributed by atoms with Gasteiger partial charge >= 0.3 is 0 Å². The Morgan fingerprint density at radius 1 is 1.10 bits per heavy atom. The van der Waals surface area contributed by atoms with E-state index in [1.54, 1.807) is 24.3 Å². The van der Waals surface area contributed by atoms with Crippen LogP contribution in [0, 0.1) is 0 Å². The summed E-state index contributed by atoms with van der Waals surface area (Å²) in [5, 5.41) is 0.283. The Morgan fingerprint density at radius 2 is 1.76 bits per heavy atom. The average Bonchev–Trinajstić information content (AvgIpc) is 2.41. The molecule has 0 bridgehead atoms. The Bertz CT molecular complexity index is 804. The van der Waals surface area contributed by atoms with Crippen molar-refractivity contribution in [2.45, 2.75) is 4.90 Å². The van der Waals surface area contributed by atoms with E-state index in [1.807, 2.05) is 0 Å². The summed E-state index contributed by atoms with van der Waals surface area (Å²) < 4.78 is 25.2. The van der Waals surface area contributed by atoms with Crippen LogP contribution in [-0.4, -0.2) is 20.0 Å². The molecule has 2 aromatic carbocycles. The van der Waals surface area contributed by atoms with Gasteiger partial charge in [0.05, 0.1) is 9.92 Å². The zero-order valence-corrected chi connectivity index (χ0v) is 14.4. The van der Waals surface area contributed by atoms with Crippen molar-refractivity contribution in [1.29, 1.82) is 0 Å². The molecule has 0 heterocycles. The van der Waals surface area contributed by atoms with Gasteiger partial charge in [0.1, 0.15) is 5.75 Å². The minimum atomic E-state index is -3.86. The predicted octanol–water partition coefficient (Wildman–Crippen LogP) is 4.41. The van der Waals surface area contributed by atoms with Gasteiger partial charge in [0.25, 0.3) is 0 Å². The van der Waals surface area contributed by atoms with Crippen LogP contribution in [0.25, 0.3) is 0 Å². The molecule has 0 saturated heterocycles. The molecule has 0 spiro atoms. The molecule has 0 atom stereocenters. The number of hydrogen-bond donors (Lipinski definition) is 0. The summed E-state index contributed by atoms with van der Waals surface area (Å²) in [6.45, 7) is 0. The first-order valence-corrected chi connectivity index (χ1v) is 8.97. The number of benzene rings is 2. The summed E-state index contributed by atoms with van der Waals surface area (Å²) in [5.74, 6) is -1.19. The van der Waals surface area contributed by atoms with E-state index >= 15 is 0 Å². The molecule has 0 aliphatic rings. The van der Waals surface area contributed by atoms with Gasteiger partial charge in [-0.3, -0.25) is 4.79 Å². The molecule has 0 N–H and O–H groups in total. The molecule has 0 saturated carbocycles. The van der Waals surface area contributed by atoms with Crippen molar-refractivity contribution in [1.82, 2.24) is 0 Å². The average molecular weight is 408 g/mol. The lowest BCUT2D eigenvalue weighted by Gasteiger charge is -2.07. The second-order valence-electron chi connectivity index (χ2n) is 4.24. The van der Waals surface area contributed by atoms with Gasteiger partial charge in [-0.25, -0.2) is 8.42 Å². The van der Waals surface area contributed by atoms with Gasteiger partial charge in [-0.15, -0.1) is 0 Å². The van der Waals surface area contributed by atoms with E-state index in [0.29, 0.717) is 10.0 Å². The Hall–Kier alpha value is -0.880. The molecular weight excluding hydrogens is 399 g/mol. The molecule has 2 aromatic rings. The fraction of sp³-hybridized carbons (Fsp3) is 0.0714. The molecule has 0 radical (unpaired) electrons. The van der Waals surface area contributed by atoms with Crippen LogP contribution in [0.3, 0.4) is 0 Å². The second-order valence-corrected chi connectivity index (χ2v) is 7.89. The van der Waals surface area contributed by atoms with Crippen molar-refractivity contribution < 1.29 is 13.2 Å². The van der Waals surface area contributed by atoms with Crippen LogP contribution in [0.4, 0.5) is 0 Å². The van der Waals surface area contributed by atoms with Crippen LogP contribution in [0.2, 0.25) is 10.0 Å². The summed E-state index contributed by atoms with van der Waals surface area (Å²) in [6.07, 6.45) is 0. The first-order chi connectivity index (χ1) is 9.81. The van der Waals surface area contributed by atoms with Gasteiger partial charge in [-0.1, -0.05) is 57.3 Å². The van der Waals surface area contributed by atoms with Crippen molar-refractivity contribution >= 4 is 54.8 Å². The first kappa shape index (κ1) is 16.5. The number of Topliss-reactive ketones (excluding diaryl/α,β-unsaturated/α-hetero) is 1. The molecule has 0 aromatic heterocycles. The number of carbonyl (C=O) groups excluding carboxylic acids is 1. The third-order valence-electron chi connectivity index (χ3n) is 2.72. The summed E-state index contributed by atoms with van der Waals surface area (Å²) in [7, 11) is -3.86. The van der Waals surface area contributed by atoms with Gasteiger partial charge < -0.3 is 0 Å². The largest absolute Gasteiger partial charge is 0.293 e. The number of hydrogen-bond acceptors (Lipinski definition) is 3. The highest BCUT2D eigenvalue weighted by Crippen LogP contribution is 2.27. The van der Waals surface area contributed by atoms with E-state index in [1.165, 1.54) is 18.2 Å². The highest BCUT2D eigenvalue weighted by atomic mass is 79.9. The Kier molecular flexibility index (Phi) is 5.09. The minimum Gasteiger partial charge on any atom is -0.293 e. The van der Waals surface area contributed by atoms with E-state index in [9.17, 15) is 13.2 Å². The number of rotatable bonds is 4. The van der Waals surface area contributed by atoms with E-state index in [0.717, 1.165) is 0 Å². The van der Waals surface area contributed by atoms with Crippen molar-refractivity contribution in [3.8, 4) is 0 Å². The summed E-state index contributed by atoms with van der Waals surface area (Å²) >= 11 is 14.9. The summed E-state index contributed by atoms with van der Waals surface area (Å²) in [4.78, 5) is 12.0. The van der Waals surface area contributed by atoms with E-state index in [-0.39, 0.29) is 14.9 Å². The van der Waals surface area contributed by atoms with E-state index in [2.05, 4.69) is 15.9 Å². The Balaban J connectivity index is 2.36. The summed E-state index contributed by atoms with van der Waals surface area (Å²) in [6, 6.07) is 10.7. The van der Waals surface area contributed by atoms with Crippen molar-refractivity contribution in [3.05, 3.63) is 62.5 Å². The maximum Gasteiger partial charge on any atom is 0.187 e. The minimum absolute atomic E-state index is 0.0410. The Morgan fingerprint density at radius 3 is 2.43 bits per heavy atom. The Labute approximate surface area is 140 Å². The third kappa shape index (κ3) is 3.86.